The maximum absolute atomic E-state index is 15.1. The Labute approximate surface area is 284 Å². The number of likely N-dealkylation sites (tertiary alicyclic amines) is 1. The Bertz CT molecular complexity index is 1930. The first-order chi connectivity index (χ1) is 23.5. The van der Waals surface area contributed by atoms with Crippen LogP contribution in [-0.4, -0.2) is 63.4 Å². The molecule has 1 saturated carbocycles. The van der Waals surface area contributed by atoms with Crippen molar-refractivity contribution in [3.8, 4) is 11.5 Å². The number of phenolic OH excluding ortho intramolecular Hbond substituents is 1. The molecule has 4 aliphatic rings. The second-order valence-corrected chi connectivity index (χ2v) is 13.2. The van der Waals surface area contributed by atoms with Crippen molar-refractivity contribution in [3.05, 3.63) is 100 Å². The number of carboxylic acid groups (broad SMARTS) is 1. The number of allylic oxidation sites excluding steroid dienone is 2. The molecule has 7 rings (SSSR count). The number of aromatic hydroxyl groups is 1. The van der Waals surface area contributed by atoms with Gasteiger partial charge in [-0.2, -0.15) is 5.01 Å². The molecule has 3 N–H and O–H groups in total. The molecule has 2 aliphatic heterocycles. The fourth-order valence-corrected chi connectivity index (χ4v) is 8.54. The van der Waals surface area contributed by atoms with Crippen LogP contribution >= 0.6 is 11.6 Å². The van der Waals surface area contributed by atoms with Crippen LogP contribution in [0.1, 0.15) is 36.3 Å². The summed E-state index contributed by atoms with van der Waals surface area (Å²) in [5.41, 5.74) is 3.15. The number of rotatable bonds is 8. The van der Waals surface area contributed by atoms with Crippen LogP contribution in [-0.2, 0) is 29.4 Å². The maximum atomic E-state index is 15.1. The van der Waals surface area contributed by atoms with Crippen LogP contribution in [0.15, 0.2) is 78.4 Å². The van der Waals surface area contributed by atoms with Crippen molar-refractivity contribution in [2.45, 2.75) is 30.6 Å². The van der Waals surface area contributed by atoms with Crippen molar-refractivity contribution in [2.24, 2.45) is 23.7 Å². The number of anilines is 1. The smallest absolute Gasteiger partial charge is 0.305 e. The van der Waals surface area contributed by atoms with E-state index in [-0.39, 0.29) is 36.6 Å². The van der Waals surface area contributed by atoms with E-state index < -0.39 is 76.8 Å². The van der Waals surface area contributed by atoms with Gasteiger partial charge in [0, 0.05) is 17.5 Å². The molecule has 6 atom stereocenters. The van der Waals surface area contributed by atoms with Crippen LogP contribution in [0.5, 0.6) is 11.5 Å². The number of carbonyl (C=O) groups is 5. The fraction of sp³-hybridized carbons (Fsp3) is 0.306. The molecule has 2 aliphatic carbocycles. The lowest BCUT2D eigenvalue weighted by atomic mass is 9.49. The van der Waals surface area contributed by atoms with Gasteiger partial charge in [0.25, 0.3) is 11.8 Å². The molecule has 0 radical (unpaired) electrons. The normalized spacial score (nSPS) is 27.4. The summed E-state index contributed by atoms with van der Waals surface area (Å²) < 4.78 is 19.1. The van der Waals surface area contributed by atoms with E-state index in [0.29, 0.717) is 21.7 Å². The van der Waals surface area contributed by atoms with Gasteiger partial charge < -0.3 is 14.9 Å². The molecule has 49 heavy (non-hydrogen) atoms. The molecule has 0 spiro atoms. The summed E-state index contributed by atoms with van der Waals surface area (Å²) in [5, 5.41) is 21.6. The summed E-state index contributed by atoms with van der Waals surface area (Å²) in [6.07, 6.45) is 1.62. The van der Waals surface area contributed by atoms with Crippen molar-refractivity contribution in [2.75, 3.05) is 19.1 Å². The van der Waals surface area contributed by atoms with Crippen LogP contribution < -0.4 is 10.2 Å². The largest absolute Gasteiger partial charge is 0.504 e. The van der Waals surface area contributed by atoms with E-state index in [0.717, 1.165) is 9.91 Å². The highest BCUT2D eigenvalue weighted by molar-refractivity contribution is 6.30. The summed E-state index contributed by atoms with van der Waals surface area (Å²) in [6.45, 7) is -0.275. The van der Waals surface area contributed by atoms with Crippen molar-refractivity contribution in [3.63, 3.8) is 0 Å². The number of halogens is 2. The lowest BCUT2D eigenvalue weighted by molar-refractivity contribution is -0.143. The van der Waals surface area contributed by atoms with E-state index in [4.69, 9.17) is 16.3 Å². The number of aliphatic carboxylic acids is 1. The number of fused-ring (bicyclic) bond motifs is 4. The van der Waals surface area contributed by atoms with E-state index in [1.165, 1.54) is 37.4 Å². The van der Waals surface area contributed by atoms with Gasteiger partial charge in [0.2, 0.25) is 11.8 Å². The van der Waals surface area contributed by atoms with Gasteiger partial charge in [-0.3, -0.25) is 34.3 Å². The molecule has 11 nitrogen and oxygen atoms in total. The predicted octanol–water partition coefficient (Wildman–Crippen LogP) is 4.65. The van der Waals surface area contributed by atoms with Gasteiger partial charge in [0.15, 0.2) is 11.5 Å². The topological polar surface area (TPSA) is 154 Å². The molecule has 3 fully saturated rings. The molecule has 3 aromatic carbocycles. The van der Waals surface area contributed by atoms with Crippen LogP contribution in [0.25, 0.3) is 0 Å². The second-order valence-electron chi connectivity index (χ2n) is 12.8. The number of phenols is 1. The quantitative estimate of drug-likeness (QED) is 0.227. The Morgan fingerprint density at radius 2 is 1.71 bits per heavy atom. The van der Waals surface area contributed by atoms with Crippen molar-refractivity contribution in [1.82, 2.24) is 9.91 Å². The first-order valence-electron chi connectivity index (χ1n) is 15.8. The van der Waals surface area contributed by atoms with Crippen LogP contribution in [0.4, 0.5) is 10.1 Å². The van der Waals surface area contributed by atoms with Gasteiger partial charge in [0.05, 0.1) is 42.4 Å². The zero-order valence-electron chi connectivity index (χ0n) is 26.1. The summed E-state index contributed by atoms with van der Waals surface area (Å²) in [5.74, 6) is -8.15. The Morgan fingerprint density at radius 1 is 1.00 bits per heavy atom. The molecule has 6 unspecified atom stereocenters. The summed E-state index contributed by atoms with van der Waals surface area (Å²) >= 11 is 6.30. The Hall–Kier alpha value is -5.23. The fourth-order valence-electron chi connectivity index (χ4n) is 8.41. The molecular weight excluding hydrogens is 657 g/mol. The number of ether oxygens (including phenoxy) is 1. The summed E-state index contributed by atoms with van der Waals surface area (Å²) in [4.78, 5) is 69.5. The lowest BCUT2D eigenvalue weighted by Gasteiger charge is -2.50. The van der Waals surface area contributed by atoms with Gasteiger partial charge >= 0.3 is 5.97 Å². The van der Waals surface area contributed by atoms with Crippen LogP contribution in [0.2, 0.25) is 5.02 Å². The SMILES string of the molecule is COc1ccc(C2C3=CCC4C(=O)N(CCC(=O)O)C(=O)C4C3CC3C(=O)N(Nc4ccc(F)cc4)C(=O)C32c2ccc(Cl)cc2)cc1O. The molecular formula is C36H31ClFN3O8. The first-order valence-corrected chi connectivity index (χ1v) is 16.2. The molecule has 0 aromatic heterocycles. The number of benzene rings is 3. The number of amides is 4. The predicted molar refractivity (Wildman–Crippen MR) is 173 cm³/mol. The minimum Gasteiger partial charge on any atom is -0.504 e. The number of hydrazine groups is 1. The number of nitrogens with one attached hydrogen (secondary N) is 1. The first kappa shape index (κ1) is 32.3. The van der Waals surface area contributed by atoms with Gasteiger partial charge in [-0.05, 0) is 78.4 Å². The number of methoxy groups -OCH3 is 1. The van der Waals surface area contributed by atoms with Crippen molar-refractivity contribution >= 4 is 46.9 Å². The average Bonchev–Trinajstić information content (AvgIpc) is 3.45. The zero-order valence-corrected chi connectivity index (χ0v) is 26.9. The highest BCUT2D eigenvalue weighted by Crippen LogP contribution is 2.64. The van der Waals surface area contributed by atoms with E-state index in [9.17, 15) is 33.8 Å². The van der Waals surface area contributed by atoms with Crippen molar-refractivity contribution < 1.29 is 43.3 Å². The van der Waals surface area contributed by atoms with E-state index >= 15 is 4.79 Å². The lowest BCUT2D eigenvalue weighted by Crippen LogP contribution is -2.53. The van der Waals surface area contributed by atoms with Gasteiger partial charge in [0.1, 0.15) is 5.82 Å². The van der Waals surface area contributed by atoms with Crippen molar-refractivity contribution in [1.29, 1.82) is 0 Å². The number of hydrogen-bond donors (Lipinski definition) is 3. The Balaban J connectivity index is 1.43. The molecule has 2 heterocycles. The highest BCUT2D eigenvalue weighted by atomic mass is 35.5. The van der Waals surface area contributed by atoms with E-state index in [1.54, 1.807) is 36.4 Å². The third kappa shape index (κ3) is 4.96. The third-order valence-corrected chi connectivity index (χ3v) is 10.7. The third-order valence-electron chi connectivity index (χ3n) is 10.4. The minimum absolute atomic E-state index is 0.0201. The monoisotopic (exact) mass is 687 g/mol. The molecule has 252 valence electrons. The number of hydrogen-bond acceptors (Lipinski definition) is 8. The highest BCUT2D eigenvalue weighted by Gasteiger charge is 2.70. The van der Waals surface area contributed by atoms with E-state index in [1.807, 2.05) is 6.08 Å². The Morgan fingerprint density at radius 3 is 2.37 bits per heavy atom. The molecule has 2 saturated heterocycles. The number of carbonyl (C=O) groups excluding carboxylic acids is 4. The summed E-state index contributed by atoms with van der Waals surface area (Å²) in [7, 11) is 1.40. The molecule has 3 aromatic rings. The molecule has 13 heteroatoms. The second kappa shape index (κ2) is 12.0. The van der Waals surface area contributed by atoms with Gasteiger partial charge in [-0.15, -0.1) is 0 Å². The summed E-state index contributed by atoms with van der Waals surface area (Å²) in [6, 6.07) is 16.5. The molecule has 0 bridgehead atoms. The van der Waals surface area contributed by atoms with Crippen LogP contribution in [0.3, 0.4) is 0 Å². The van der Waals surface area contributed by atoms with Crippen LogP contribution in [0, 0.1) is 29.5 Å². The number of imide groups is 2. The average molecular weight is 688 g/mol. The van der Waals surface area contributed by atoms with E-state index in [2.05, 4.69) is 5.43 Å². The molecule has 4 amide bonds. The maximum Gasteiger partial charge on any atom is 0.305 e. The van der Waals surface area contributed by atoms with Gasteiger partial charge in [-0.1, -0.05) is 41.4 Å². The minimum atomic E-state index is -1.61. The number of nitrogens with zero attached hydrogens (tertiary/aromatic N) is 2. The zero-order chi connectivity index (χ0) is 34.8. The van der Waals surface area contributed by atoms with Gasteiger partial charge in [-0.25, -0.2) is 4.39 Å². The Kier molecular flexibility index (Phi) is 7.93. The standard InChI is InChI=1S/C36H31ClFN3O8/c1-49-28-13-2-18(16-27(28)42)31-23-11-12-24-30(34(47)40(32(24)45)15-14-29(43)44)25(23)17-26-33(46)41(39-22-9-7-21(38)8-10-22)35(48)36(26,31)19-3-5-20(37)6-4-19/h2-11,13,16,24-26,30-31,39,42H,12,14-15,17H2,1H3,(H,43,44). The number of carboxylic acids is 1.